The molecular formula is C15H14BrFN2O. The molecule has 0 unspecified atom stereocenters. The Morgan fingerprint density at radius 3 is 2.90 bits per heavy atom. The van der Waals surface area contributed by atoms with E-state index in [-0.39, 0.29) is 11.7 Å². The standard InChI is InChI=1S/C15H14BrFN2O/c1-10-9-12(17)5-4-11(10)6-8-19-15(20)13-3-2-7-18-14(13)16/h2-5,7,9H,6,8H2,1H3,(H,19,20). The quantitative estimate of drug-likeness (QED) is 0.870. The molecule has 0 saturated carbocycles. The summed E-state index contributed by atoms with van der Waals surface area (Å²) in [6.07, 6.45) is 2.28. The fourth-order valence-corrected chi connectivity index (χ4v) is 2.33. The molecule has 20 heavy (non-hydrogen) atoms. The minimum atomic E-state index is -0.241. The summed E-state index contributed by atoms with van der Waals surface area (Å²) in [5.74, 6) is -0.417. The van der Waals surface area contributed by atoms with E-state index in [1.165, 1.54) is 12.1 Å². The second-order valence-electron chi connectivity index (χ2n) is 4.42. The van der Waals surface area contributed by atoms with Crippen molar-refractivity contribution in [3.8, 4) is 0 Å². The Morgan fingerprint density at radius 1 is 1.40 bits per heavy atom. The van der Waals surface area contributed by atoms with Gasteiger partial charge in [0.15, 0.2) is 0 Å². The van der Waals surface area contributed by atoms with Crippen LogP contribution in [0.15, 0.2) is 41.1 Å². The van der Waals surface area contributed by atoms with E-state index in [1.54, 1.807) is 24.4 Å². The SMILES string of the molecule is Cc1cc(F)ccc1CCNC(=O)c1cccnc1Br. The van der Waals surface area contributed by atoms with Crippen LogP contribution in [0.4, 0.5) is 4.39 Å². The number of aromatic nitrogens is 1. The number of nitrogens with zero attached hydrogens (tertiary/aromatic N) is 1. The van der Waals surface area contributed by atoms with E-state index < -0.39 is 0 Å². The van der Waals surface area contributed by atoms with Gasteiger partial charge in [-0.1, -0.05) is 6.07 Å². The highest BCUT2D eigenvalue weighted by atomic mass is 79.9. The Labute approximate surface area is 125 Å². The van der Waals surface area contributed by atoms with Gasteiger partial charge in [0.2, 0.25) is 0 Å². The summed E-state index contributed by atoms with van der Waals surface area (Å²) in [6.45, 7) is 2.35. The van der Waals surface area contributed by atoms with Gasteiger partial charge in [-0.25, -0.2) is 9.37 Å². The Balaban J connectivity index is 1.93. The van der Waals surface area contributed by atoms with Gasteiger partial charge in [-0.05, 0) is 64.7 Å². The number of carbonyl (C=O) groups excluding carboxylic acids is 1. The predicted molar refractivity (Wildman–Crippen MR) is 79.1 cm³/mol. The first-order chi connectivity index (χ1) is 9.58. The van der Waals surface area contributed by atoms with Crippen molar-refractivity contribution in [1.29, 1.82) is 0 Å². The van der Waals surface area contributed by atoms with Crippen molar-refractivity contribution in [2.24, 2.45) is 0 Å². The number of benzene rings is 1. The van der Waals surface area contributed by atoms with Crippen LogP contribution < -0.4 is 5.32 Å². The summed E-state index contributed by atoms with van der Waals surface area (Å²) in [7, 11) is 0. The summed E-state index contributed by atoms with van der Waals surface area (Å²) >= 11 is 3.24. The number of hydrogen-bond donors (Lipinski definition) is 1. The average molecular weight is 337 g/mol. The van der Waals surface area contributed by atoms with Crippen molar-refractivity contribution in [1.82, 2.24) is 10.3 Å². The van der Waals surface area contributed by atoms with E-state index in [0.29, 0.717) is 23.1 Å². The molecule has 0 aliphatic carbocycles. The van der Waals surface area contributed by atoms with Crippen molar-refractivity contribution in [3.63, 3.8) is 0 Å². The lowest BCUT2D eigenvalue weighted by molar-refractivity contribution is 0.0953. The van der Waals surface area contributed by atoms with Gasteiger partial charge >= 0.3 is 0 Å². The Kier molecular flexibility index (Phi) is 4.84. The normalized spacial score (nSPS) is 10.3. The molecule has 0 fully saturated rings. The van der Waals surface area contributed by atoms with Crippen LogP contribution in [0.2, 0.25) is 0 Å². The Hall–Kier alpha value is -1.75. The topological polar surface area (TPSA) is 42.0 Å². The molecule has 0 saturated heterocycles. The second kappa shape index (κ2) is 6.61. The predicted octanol–water partition coefficient (Wildman–Crippen LogP) is 3.26. The minimum absolute atomic E-state index is 0.176. The highest BCUT2D eigenvalue weighted by Crippen LogP contribution is 2.13. The Bertz CT molecular complexity index is 631. The fraction of sp³-hybridized carbons (Fsp3) is 0.200. The molecule has 1 amide bonds. The van der Waals surface area contributed by atoms with Gasteiger partial charge in [0.05, 0.1) is 5.56 Å². The largest absolute Gasteiger partial charge is 0.352 e. The molecule has 0 aliphatic heterocycles. The number of carbonyl (C=O) groups is 1. The number of aryl methyl sites for hydroxylation is 1. The third kappa shape index (κ3) is 3.63. The van der Waals surface area contributed by atoms with Crippen LogP contribution in [-0.2, 0) is 6.42 Å². The molecule has 0 aliphatic rings. The number of amides is 1. The van der Waals surface area contributed by atoms with Crippen LogP contribution in [0.3, 0.4) is 0 Å². The molecule has 1 heterocycles. The summed E-state index contributed by atoms with van der Waals surface area (Å²) < 4.78 is 13.5. The zero-order chi connectivity index (χ0) is 14.5. The zero-order valence-electron chi connectivity index (χ0n) is 11.0. The monoisotopic (exact) mass is 336 g/mol. The number of hydrogen-bond acceptors (Lipinski definition) is 2. The molecule has 0 radical (unpaired) electrons. The highest BCUT2D eigenvalue weighted by molar-refractivity contribution is 9.10. The average Bonchev–Trinajstić information content (AvgIpc) is 2.41. The first kappa shape index (κ1) is 14.7. The summed E-state index contributed by atoms with van der Waals surface area (Å²) in [4.78, 5) is 16.0. The summed E-state index contributed by atoms with van der Waals surface area (Å²) in [5, 5.41) is 2.83. The van der Waals surface area contributed by atoms with Gasteiger partial charge in [-0.3, -0.25) is 4.79 Å². The molecular weight excluding hydrogens is 323 g/mol. The fourth-order valence-electron chi connectivity index (χ4n) is 1.90. The van der Waals surface area contributed by atoms with Crippen molar-refractivity contribution in [2.45, 2.75) is 13.3 Å². The van der Waals surface area contributed by atoms with Gasteiger partial charge in [0, 0.05) is 12.7 Å². The van der Waals surface area contributed by atoms with Crippen LogP contribution in [0.5, 0.6) is 0 Å². The first-order valence-corrected chi connectivity index (χ1v) is 7.01. The molecule has 2 rings (SSSR count). The minimum Gasteiger partial charge on any atom is -0.352 e. The molecule has 0 atom stereocenters. The van der Waals surface area contributed by atoms with Gasteiger partial charge in [-0.2, -0.15) is 0 Å². The van der Waals surface area contributed by atoms with Crippen molar-refractivity contribution < 1.29 is 9.18 Å². The molecule has 2 aromatic rings. The van der Waals surface area contributed by atoms with Crippen LogP contribution in [0.25, 0.3) is 0 Å². The third-order valence-electron chi connectivity index (χ3n) is 2.99. The van der Waals surface area contributed by atoms with Crippen molar-refractivity contribution in [3.05, 3.63) is 63.6 Å². The maximum atomic E-state index is 13.0. The molecule has 5 heteroatoms. The van der Waals surface area contributed by atoms with Gasteiger partial charge in [0.1, 0.15) is 10.4 Å². The molecule has 1 N–H and O–H groups in total. The second-order valence-corrected chi connectivity index (χ2v) is 5.17. The van der Waals surface area contributed by atoms with Crippen LogP contribution >= 0.6 is 15.9 Å². The maximum Gasteiger partial charge on any atom is 0.254 e. The summed E-state index contributed by atoms with van der Waals surface area (Å²) in [5.41, 5.74) is 2.42. The molecule has 3 nitrogen and oxygen atoms in total. The van der Waals surface area contributed by atoms with E-state index in [2.05, 4.69) is 26.2 Å². The molecule has 104 valence electrons. The molecule has 1 aromatic carbocycles. The Morgan fingerprint density at radius 2 is 2.20 bits per heavy atom. The van der Waals surface area contributed by atoms with Crippen molar-refractivity contribution in [2.75, 3.05) is 6.54 Å². The smallest absolute Gasteiger partial charge is 0.254 e. The number of nitrogens with one attached hydrogen (secondary N) is 1. The van der Waals surface area contributed by atoms with Crippen LogP contribution in [0.1, 0.15) is 21.5 Å². The third-order valence-corrected chi connectivity index (χ3v) is 3.62. The lowest BCUT2D eigenvalue weighted by Gasteiger charge is -2.08. The van der Waals surface area contributed by atoms with Gasteiger partial charge in [0.25, 0.3) is 5.91 Å². The van der Waals surface area contributed by atoms with Crippen LogP contribution in [0, 0.1) is 12.7 Å². The van der Waals surface area contributed by atoms with E-state index in [0.717, 1.165) is 11.1 Å². The van der Waals surface area contributed by atoms with Crippen molar-refractivity contribution >= 4 is 21.8 Å². The molecule has 0 spiro atoms. The lowest BCUT2D eigenvalue weighted by Crippen LogP contribution is -2.26. The summed E-state index contributed by atoms with van der Waals surface area (Å²) in [6, 6.07) is 8.09. The van der Waals surface area contributed by atoms with Crippen LogP contribution in [-0.4, -0.2) is 17.4 Å². The number of halogens is 2. The number of rotatable bonds is 4. The van der Waals surface area contributed by atoms with Gasteiger partial charge < -0.3 is 5.32 Å². The first-order valence-electron chi connectivity index (χ1n) is 6.21. The highest BCUT2D eigenvalue weighted by Gasteiger charge is 2.09. The van der Waals surface area contributed by atoms with Gasteiger partial charge in [-0.15, -0.1) is 0 Å². The van der Waals surface area contributed by atoms with E-state index in [1.807, 2.05) is 6.92 Å². The van der Waals surface area contributed by atoms with E-state index in [4.69, 9.17) is 0 Å². The number of pyridine rings is 1. The molecule has 1 aromatic heterocycles. The lowest BCUT2D eigenvalue weighted by atomic mass is 10.1. The van der Waals surface area contributed by atoms with E-state index in [9.17, 15) is 9.18 Å². The maximum absolute atomic E-state index is 13.0. The zero-order valence-corrected chi connectivity index (χ0v) is 12.6. The molecule has 0 bridgehead atoms. The van der Waals surface area contributed by atoms with E-state index >= 15 is 0 Å².